The number of benzene rings is 1. The van der Waals surface area contributed by atoms with E-state index in [1.807, 2.05) is 23.3 Å². The number of pyridine rings is 1. The molecule has 0 saturated carbocycles. The van der Waals surface area contributed by atoms with Crippen molar-refractivity contribution >= 4 is 10.8 Å². The minimum absolute atomic E-state index is 0.863. The SMILES string of the molecule is Cc1cnn(CCNCc2cccc3cnccc23)c1. The standard InChI is InChI=1S/C16H18N4/c1-13-9-19-20(12-13)8-7-18-11-15-4-2-3-14-10-17-6-5-16(14)15/h2-6,9-10,12,18H,7-8,11H2,1H3. The quantitative estimate of drug-likeness (QED) is 0.722. The molecule has 0 radical (unpaired) electrons. The number of aryl methyl sites for hydroxylation is 1. The Morgan fingerprint density at radius 1 is 1.20 bits per heavy atom. The summed E-state index contributed by atoms with van der Waals surface area (Å²) in [5.41, 5.74) is 2.51. The van der Waals surface area contributed by atoms with E-state index in [1.54, 1.807) is 0 Å². The number of hydrogen-bond donors (Lipinski definition) is 1. The summed E-state index contributed by atoms with van der Waals surface area (Å²) >= 11 is 0. The molecular formula is C16H18N4. The summed E-state index contributed by atoms with van der Waals surface area (Å²) in [5.74, 6) is 0. The highest BCUT2D eigenvalue weighted by Crippen LogP contribution is 2.16. The van der Waals surface area contributed by atoms with Crippen LogP contribution < -0.4 is 5.32 Å². The van der Waals surface area contributed by atoms with Crippen molar-refractivity contribution in [1.29, 1.82) is 0 Å². The molecule has 3 rings (SSSR count). The maximum absolute atomic E-state index is 4.28. The van der Waals surface area contributed by atoms with Gasteiger partial charge < -0.3 is 5.32 Å². The molecule has 0 bridgehead atoms. The Labute approximate surface area is 118 Å². The molecule has 2 heterocycles. The number of fused-ring (bicyclic) bond motifs is 1. The van der Waals surface area contributed by atoms with E-state index in [4.69, 9.17) is 0 Å². The van der Waals surface area contributed by atoms with Crippen molar-refractivity contribution in [2.45, 2.75) is 20.0 Å². The van der Waals surface area contributed by atoms with Gasteiger partial charge >= 0.3 is 0 Å². The average molecular weight is 266 g/mol. The molecule has 0 atom stereocenters. The van der Waals surface area contributed by atoms with Crippen molar-refractivity contribution in [3.05, 3.63) is 60.2 Å². The molecular weight excluding hydrogens is 248 g/mol. The molecule has 0 amide bonds. The predicted molar refractivity (Wildman–Crippen MR) is 80.4 cm³/mol. The summed E-state index contributed by atoms with van der Waals surface area (Å²) in [6.07, 6.45) is 7.70. The fourth-order valence-electron chi connectivity index (χ4n) is 2.35. The van der Waals surface area contributed by atoms with Gasteiger partial charge in [0.2, 0.25) is 0 Å². The van der Waals surface area contributed by atoms with Crippen LogP contribution in [0.15, 0.2) is 49.1 Å². The van der Waals surface area contributed by atoms with Gasteiger partial charge in [-0.15, -0.1) is 0 Å². The monoisotopic (exact) mass is 266 g/mol. The highest BCUT2D eigenvalue weighted by molar-refractivity contribution is 5.84. The van der Waals surface area contributed by atoms with Gasteiger partial charge in [-0.05, 0) is 29.5 Å². The van der Waals surface area contributed by atoms with Crippen molar-refractivity contribution in [3.8, 4) is 0 Å². The lowest BCUT2D eigenvalue weighted by Crippen LogP contribution is -2.19. The van der Waals surface area contributed by atoms with Gasteiger partial charge in [-0.3, -0.25) is 9.67 Å². The largest absolute Gasteiger partial charge is 0.311 e. The van der Waals surface area contributed by atoms with Crippen LogP contribution in [-0.2, 0) is 13.1 Å². The third-order valence-corrected chi connectivity index (χ3v) is 3.37. The van der Waals surface area contributed by atoms with Crippen LogP contribution >= 0.6 is 0 Å². The van der Waals surface area contributed by atoms with E-state index in [0.29, 0.717) is 0 Å². The van der Waals surface area contributed by atoms with Gasteiger partial charge in [-0.25, -0.2) is 0 Å². The van der Waals surface area contributed by atoms with E-state index in [-0.39, 0.29) is 0 Å². The normalized spacial score (nSPS) is 11.1. The van der Waals surface area contributed by atoms with Crippen LogP contribution in [0.1, 0.15) is 11.1 Å². The molecule has 0 unspecified atom stereocenters. The summed E-state index contributed by atoms with van der Waals surface area (Å²) in [6, 6.07) is 8.41. The zero-order valence-electron chi connectivity index (χ0n) is 11.6. The Morgan fingerprint density at radius 2 is 2.15 bits per heavy atom. The van der Waals surface area contributed by atoms with Crippen LogP contribution in [-0.4, -0.2) is 21.3 Å². The van der Waals surface area contributed by atoms with E-state index in [2.05, 4.69) is 52.8 Å². The average Bonchev–Trinajstić information content (AvgIpc) is 2.89. The third-order valence-electron chi connectivity index (χ3n) is 3.37. The van der Waals surface area contributed by atoms with Gasteiger partial charge in [-0.1, -0.05) is 18.2 Å². The maximum atomic E-state index is 4.28. The number of hydrogen-bond acceptors (Lipinski definition) is 3. The number of nitrogens with one attached hydrogen (secondary N) is 1. The molecule has 20 heavy (non-hydrogen) atoms. The Hall–Kier alpha value is -2.20. The molecule has 0 aliphatic heterocycles. The summed E-state index contributed by atoms with van der Waals surface area (Å²) in [5, 5.41) is 10.2. The van der Waals surface area contributed by atoms with Gasteiger partial charge in [0.15, 0.2) is 0 Å². The zero-order valence-corrected chi connectivity index (χ0v) is 11.6. The number of rotatable bonds is 5. The molecule has 3 aromatic rings. The molecule has 1 N–H and O–H groups in total. The molecule has 0 saturated heterocycles. The smallest absolute Gasteiger partial charge is 0.0534 e. The fourth-order valence-corrected chi connectivity index (χ4v) is 2.35. The Kier molecular flexibility index (Phi) is 3.74. The van der Waals surface area contributed by atoms with Crippen LogP contribution in [0.25, 0.3) is 10.8 Å². The molecule has 0 aliphatic carbocycles. The van der Waals surface area contributed by atoms with Crippen LogP contribution in [0.2, 0.25) is 0 Å². The second kappa shape index (κ2) is 5.84. The number of aromatic nitrogens is 3. The lowest BCUT2D eigenvalue weighted by Gasteiger charge is -2.08. The Balaban J connectivity index is 1.60. The van der Waals surface area contributed by atoms with Crippen LogP contribution in [0, 0.1) is 6.92 Å². The molecule has 4 nitrogen and oxygen atoms in total. The predicted octanol–water partition coefficient (Wildman–Crippen LogP) is 2.53. The molecule has 1 aromatic carbocycles. The van der Waals surface area contributed by atoms with Crippen molar-refractivity contribution in [2.75, 3.05) is 6.54 Å². The zero-order chi connectivity index (χ0) is 13.8. The maximum Gasteiger partial charge on any atom is 0.0534 e. The Morgan fingerprint density at radius 3 is 3.00 bits per heavy atom. The number of nitrogens with zero attached hydrogens (tertiary/aromatic N) is 3. The van der Waals surface area contributed by atoms with Gasteiger partial charge in [0, 0.05) is 37.1 Å². The molecule has 2 aromatic heterocycles. The molecule has 0 aliphatic rings. The van der Waals surface area contributed by atoms with Crippen LogP contribution in [0.4, 0.5) is 0 Å². The second-order valence-corrected chi connectivity index (χ2v) is 4.97. The van der Waals surface area contributed by atoms with E-state index in [0.717, 1.165) is 19.6 Å². The van der Waals surface area contributed by atoms with E-state index < -0.39 is 0 Å². The summed E-state index contributed by atoms with van der Waals surface area (Å²) < 4.78 is 1.97. The van der Waals surface area contributed by atoms with Gasteiger partial charge in [0.25, 0.3) is 0 Å². The van der Waals surface area contributed by atoms with E-state index >= 15 is 0 Å². The van der Waals surface area contributed by atoms with Crippen LogP contribution in [0.3, 0.4) is 0 Å². The molecule has 4 heteroatoms. The van der Waals surface area contributed by atoms with Crippen molar-refractivity contribution in [1.82, 2.24) is 20.1 Å². The Bertz CT molecular complexity index is 697. The summed E-state index contributed by atoms with van der Waals surface area (Å²) in [6.45, 7) is 4.71. The summed E-state index contributed by atoms with van der Waals surface area (Å²) in [7, 11) is 0. The summed E-state index contributed by atoms with van der Waals surface area (Å²) in [4.78, 5) is 4.16. The molecule has 0 fully saturated rings. The second-order valence-electron chi connectivity index (χ2n) is 4.97. The van der Waals surface area contributed by atoms with Crippen molar-refractivity contribution in [2.24, 2.45) is 0 Å². The highest BCUT2D eigenvalue weighted by atomic mass is 15.3. The first kappa shape index (κ1) is 12.8. The minimum Gasteiger partial charge on any atom is -0.311 e. The van der Waals surface area contributed by atoms with E-state index in [9.17, 15) is 0 Å². The van der Waals surface area contributed by atoms with Gasteiger partial charge in [0.05, 0.1) is 12.7 Å². The van der Waals surface area contributed by atoms with Gasteiger partial charge in [0.1, 0.15) is 0 Å². The topological polar surface area (TPSA) is 42.7 Å². The highest BCUT2D eigenvalue weighted by Gasteiger charge is 2.00. The van der Waals surface area contributed by atoms with E-state index in [1.165, 1.54) is 21.9 Å². The molecule has 0 spiro atoms. The lowest BCUT2D eigenvalue weighted by molar-refractivity contribution is 0.555. The minimum atomic E-state index is 0.863. The van der Waals surface area contributed by atoms with Crippen LogP contribution in [0.5, 0.6) is 0 Å². The van der Waals surface area contributed by atoms with Gasteiger partial charge in [-0.2, -0.15) is 5.10 Å². The lowest BCUT2D eigenvalue weighted by atomic mass is 10.1. The molecule has 102 valence electrons. The van der Waals surface area contributed by atoms with Crippen molar-refractivity contribution < 1.29 is 0 Å². The third kappa shape index (κ3) is 2.86. The first-order valence-corrected chi connectivity index (χ1v) is 6.84. The van der Waals surface area contributed by atoms with Crippen molar-refractivity contribution in [3.63, 3.8) is 0 Å². The fraction of sp³-hybridized carbons (Fsp3) is 0.250. The first-order chi connectivity index (χ1) is 9.83. The first-order valence-electron chi connectivity index (χ1n) is 6.84.